The Balaban J connectivity index is 1.52. The molecule has 0 unspecified atom stereocenters. The van der Waals surface area contributed by atoms with Crippen molar-refractivity contribution in [1.29, 1.82) is 0 Å². The van der Waals surface area contributed by atoms with Gasteiger partial charge in [-0.2, -0.15) is 0 Å². The number of ether oxygens (including phenoxy) is 2. The van der Waals surface area contributed by atoms with E-state index in [1.165, 1.54) is 30.7 Å². The van der Waals surface area contributed by atoms with Gasteiger partial charge in [-0.25, -0.2) is 8.42 Å². The lowest BCUT2D eigenvalue weighted by atomic mass is 10.0. The van der Waals surface area contributed by atoms with E-state index >= 15 is 0 Å². The molecular weight excluding hydrogens is 488 g/mol. The van der Waals surface area contributed by atoms with E-state index in [1.54, 1.807) is 42.5 Å². The summed E-state index contributed by atoms with van der Waals surface area (Å²) in [6.45, 7) is 1.46. The fourth-order valence-electron chi connectivity index (χ4n) is 4.81. The van der Waals surface area contributed by atoms with Crippen molar-refractivity contribution in [2.75, 3.05) is 30.4 Å². The van der Waals surface area contributed by atoms with E-state index < -0.39 is 22.5 Å². The molecule has 1 aliphatic rings. The molecule has 1 N–H and O–H groups in total. The Labute approximate surface area is 216 Å². The van der Waals surface area contributed by atoms with Gasteiger partial charge in [0.15, 0.2) is 11.5 Å². The number of hydrogen-bond acceptors (Lipinski definition) is 5. The zero-order valence-corrected chi connectivity index (χ0v) is 21.8. The van der Waals surface area contributed by atoms with Crippen molar-refractivity contribution in [3.05, 3.63) is 89.5 Å². The van der Waals surface area contributed by atoms with Crippen molar-refractivity contribution in [1.82, 2.24) is 0 Å². The highest BCUT2D eigenvalue weighted by Crippen LogP contribution is 2.36. The molecule has 7 nitrogen and oxygen atoms in total. The molecule has 0 bridgehead atoms. The number of hydrogen-bond donors (Lipinski definition) is 1. The quantitative estimate of drug-likeness (QED) is 0.352. The Morgan fingerprint density at radius 2 is 1.59 bits per heavy atom. The highest BCUT2D eigenvalue weighted by atomic mass is 32.2. The van der Waals surface area contributed by atoms with Crippen molar-refractivity contribution in [2.45, 2.75) is 24.7 Å². The van der Waals surface area contributed by atoms with Crippen LogP contribution in [-0.2, 0) is 27.7 Å². The third kappa shape index (κ3) is 4.60. The number of sulfonamides is 1. The highest BCUT2D eigenvalue weighted by molar-refractivity contribution is 7.92. The van der Waals surface area contributed by atoms with Crippen LogP contribution in [0.4, 0.5) is 11.4 Å². The number of carbonyl (C=O) groups excluding carboxylic acids is 1. The molecule has 0 heterocycles. The molecule has 4 aromatic carbocycles. The number of nitrogens with one attached hydrogen (secondary N) is 1. The predicted molar refractivity (Wildman–Crippen MR) is 145 cm³/mol. The Hall–Kier alpha value is -4.04. The fourth-order valence-corrected chi connectivity index (χ4v) is 6.22. The lowest BCUT2D eigenvalue weighted by Gasteiger charge is -2.25. The predicted octanol–water partition coefficient (Wildman–Crippen LogP) is 5.10. The first-order valence-electron chi connectivity index (χ1n) is 12.0. The van der Waals surface area contributed by atoms with Crippen LogP contribution in [0, 0.1) is 6.92 Å². The minimum Gasteiger partial charge on any atom is -0.493 e. The van der Waals surface area contributed by atoms with Crippen LogP contribution >= 0.6 is 0 Å². The molecular formula is C29H28N2O5S. The number of carbonyl (C=O) groups is 1. The number of amides is 1. The normalized spacial score (nSPS) is 12.4. The zero-order valence-electron chi connectivity index (χ0n) is 20.9. The monoisotopic (exact) mass is 516 g/mol. The first-order valence-corrected chi connectivity index (χ1v) is 13.4. The summed E-state index contributed by atoms with van der Waals surface area (Å²) in [5.41, 5.74) is 4.40. The standard InChI is InChI=1S/C29H28N2O5S/c1-19-7-13-23(14-8-19)37(33,34)31(22-12-16-26(35-2)27(17-22)36-3)18-28(32)30-25-15-11-21-10-9-20-5-4-6-24(25)29(20)21/h4-8,11-17H,9-10,18H2,1-3H3,(H,30,32). The SMILES string of the molecule is COc1ccc(N(CC(=O)Nc2ccc3c4c(cccc24)CC3)S(=O)(=O)c2ccc(C)cc2)cc1OC. The van der Waals surface area contributed by atoms with Gasteiger partial charge in [0.2, 0.25) is 5.91 Å². The first-order chi connectivity index (χ1) is 17.8. The van der Waals surface area contributed by atoms with Crippen LogP contribution in [0.15, 0.2) is 77.7 Å². The summed E-state index contributed by atoms with van der Waals surface area (Å²) in [6, 6.07) is 21.3. The summed E-state index contributed by atoms with van der Waals surface area (Å²) in [6.07, 6.45) is 1.96. The van der Waals surface area contributed by atoms with Crippen molar-refractivity contribution in [3.8, 4) is 11.5 Å². The minimum atomic E-state index is -4.07. The summed E-state index contributed by atoms with van der Waals surface area (Å²) in [5.74, 6) is 0.359. The van der Waals surface area contributed by atoms with Crippen LogP contribution in [0.3, 0.4) is 0 Å². The first kappa shape index (κ1) is 24.6. The van der Waals surface area contributed by atoms with Crippen molar-refractivity contribution >= 4 is 38.1 Å². The van der Waals surface area contributed by atoms with Gasteiger partial charge in [0.05, 0.1) is 24.8 Å². The number of methoxy groups -OCH3 is 2. The average molecular weight is 517 g/mol. The van der Waals surface area contributed by atoms with Crippen LogP contribution in [0.5, 0.6) is 11.5 Å². The van der Waals surface area contributed by atoms with Crippen molar-refractivity contribution < 1.29 is 22.7 Å². The number of nitrogens with zero attached hydrogens (tertiary/aromatic N) is 1. The van der Waals surface area contributed by atoms with Gasteiger partial charge in [0.25, 0.3) is 10.0 Å². The van der Waals surface area contributed by atoms with Gasteiger partial charge in [-0.05, 0) is 66.6 Å². The highest BCUT2D eigenvalue weighted by Gasteiger charge is 2.28. The second-order valence-electron chi connectivity index (χ2n) is 9.02. The van der Waals surface area contributed by atoms with E-state index in [0.29, 0.717) is 17.2 Å². The van der Waals surface area contributed by atoms with Crippen LogP contribution in [0.25, 0.3) is 10.8 Å². The largest absolute Gasteiger partial charge is 0.493 e. The molecule has 1 aliphatic carbocycles. The van der Waals surface area contributed by atoms with Gasteiger partial charge in [0.1, 0.15) is 6.54 Å². The second-order valence-corrected chi connectivity index (χ2v) is 10.9. The maximum absolute atomic E-state index is 13.8. The number of aryl methyl sites for hydroxylation is 3. The van der Waals surface area contributed by atoms with Gasteiger partial charge in [-0.1, -0.05) is 42.0 Å². The van der Waals surface area contributed by atoms with E-state index in [1.807, 2.05) is 31.2 Å². The van der Waals surface area contributed by atoms with Crippen LogP contribution in [0.1, 0.15) is 16.7 Å². The molecule has 0 atom stereocenters. The fraction of sp³-hybridized carbons (Fsp3) is 0.207. The molecule has 0 fully saturated rings. The van der Waals surface area contributed by atoms with Gasteiger partial charge >= 0.3 is 0 Å². The van der Waals surface area contributed by atoms with Crippen LogP contribution in [0.2, 0.25) is 0 Å². The summed E-state index contributed by atoms with van der Waals surface area (Å²) in [4.78, 5) is 13.5. The lowest BCUT2D eigenvalue weighted by molar-refractivity contribution is -0.114. The van der Waals surface area contributed by atoms with Crippen molar-refractivity contribution in [3.63, 3.8) is 0 Å². The zero-order chi connectivity index (χ0) is 26.2. The molecule has 1 amide bonds. The van der Waals surface area contributed by atoms with Gasteiger partial charge in [0, 0.05) is 17.1 Å². The molecule has 4 aromatic rings. The maximum Gasteiger partial charge on any atom is 0.264 e. The van der Waals surface area contributed by atoms with Gasteiger partial charge < -0.3 is 14.8 Å². The molecule has 0 spiro atoms. The molecule has 5 rings (SSSR count). The minimum absolute atomic E-state index is 0.0889. The molecule has 0 aliphatic heterocycles. The summed E-state index contributed by atoms with van der Waals surface area (Å²) >= 11 is 0. The molecule has 8 heteroatoms. The van der Waals surface area contributed by atoms with E-state index in [9.17, 15) is 13.2 Å². The molecule has 0 aromatic heterocycles. The number of anilines is 2. The summed E-state index contributed by atoms with van der Waals surface area (Å²) < 4.78 is 39.3. The topological polar surface area (TPSA) is 84.9 Å². The van der Waals surface area contributed by atoms with Crippen LogP contribution in [-0.4, -0.2) is 35.1 Å². The van der Waals surface area contributed by atoms with Gasteiger partial charge in [-0.3, -0.25) is 9.10 Å². The average Bonchev–Trinajstić information content (AvgIpc) is 3.33. The third-order valence-electron chi connectivity index (χ3n) is 6.70. The van der Waals surface area contributed by atoms with Crippen molar-refractivity contribution in [2.24, 2.45) is 0 Å². The third-order valence-corrected chi connectivity index (χ3v) is 8.49. The molecule has 0 radical (unpaired) electrons. The summed E-state index contributed by atoms with van der Waals surface area (Å²) in [5, 5.41) is 5.08. The maximum atomic E-state index is 13.8. The molecule has 190 valence electrons. The smallest absolute Gasteiger partial charge is 0.264 e. The lowest BCUT2D eigenvalue weighted by Crippen LogP contribution is -2.38. The molecule has 0 saturated carbocycles. The van der Waals surface area contributed by atoms with E-state index in [0.717, 1.165) is 28.1 Å². The summed E-state index contributed by atoms with van der Waals surface area (Å²) in [7, 11) is -1.09. The second kappa shape index (κ2) is 9.78. The van der Waals surface area contributed by atoms with E-state index in [-0.39, 0.29) is 10.6 Å². The number of benzene rings is 4. The Morgan fingerprint density at radius 1 is 0.892 bits per heavy atom. The molecule has 37 heavy (non-hydrogen) atoms. The van der Waals surface area contributed by atoms with Crippen LogP contribution < -0.4 is 19.1 Å². The molecule has 0 saturated heterocycles. The Morgan fingerprint density at radius 3 is 2.30 bits per heavy atom. The van der Waals surface area contributed by atoms with E-state index in [4.69, 9.17) is 9.47 Å². The number of rotatable bonds is 8. The Bertz CT molecular complexity index is 1590. The Kier molecular flexibility index (Phi) is 6.52. The van der Waals surface area contributed by atoms with Gasteiger partial charge in [-0.15, -0.1) is 0 Å². The van der Waals surface area contributed by atoms with E-state index in [2.05, 4.69) is 11.4 Å².